The van der Waals surface area contributed by atoms with Gasteiger partial charge in [0.05, 0.1) is 5.02 Å². The molecule has 0 aliphatic heterocycles. The van der Waals surface area contributed by atoms with Gasteiger partial charge in [0.2, 0.25) is 0 Å². The fraction of sp³-hybridized carbons (Fsp3) is 0.316. The normalized spacial score (nSPS) is 11.8. The van der Waals surface area contributed by atoms with E-state index < -0.39 is 0 Å². The van der Waals surface area contributed by atoms with E-state index in [0.29, 0.717) is 16.8 Å². The van der Waals surface area contributed by atoms with E-state index in [1.54, 1.807) is 24.5 Å². The fourth-order valence-corrected chi connectivity index (χ4v) is 2.46. The van der Waals surface area contributed by atoms with E-state index in [-0.39, 0.29) is 0 Å². The lowest BCUT2D eigenvalue weighted by molar-refractivity contribution is 0.311. The molecule has 2 aromatic rings. The Kier molecular flexibility index (Phi) is 6.05. The summed E-state index contributed by atoms with van der Waals surface area (Å²) in [4.78, 5) is 6.18. The van der Waals surface area contributed by atoms with Gasteiger partial charge in [-0.05, 0) is 43.2 Å². The Morgan fingerprint density at radius 2 is 2.00 bits per heavy atom. The summed E-state index contributed by atoms with van der Waals surface area (Å²) in [5, 5.41) is 0.596. The molecule has 4 heteroatoms. The molecule has 0 aliphatic carbocycles. The Morgan fingerprint density at radius 1 is 1.30 bits per heavy atom. The molecule has 0 N–H and O–H groups in total. The topological polar surface area (TPSA) is 25.4 Å². The van der Waals surface area contributed by atoms with Gasteiger partial charge in [-0.3, -0.25) is 4.98 Å². The van der Waals surface area contributed by atoms with Gasteiger partial charge in [0.1, 0.15) is 11.5 Å². The summed E-state index contributed by atoms with van der Waals surface area (Å²) >= 11 is 6.35. The third-order valence-electron chi connectivity index (χ3n) is 4.03. The second kappa shape index (κ2) is 8.02. The molecule has 1 aromatic heterocycles. The number of likely N-dealkylation sites (N-methyl/N-ethyl adjacent to an activating group) is 1. The molecule has 2 rings (SSSR count). The van der Waals surface area contributed by atoms with Gasteiger partial charge in [-0.15, -0.1) is 0 Å². The zero-order valence-corrected chi connectivity index (χ0v) is 14.7. The Labute approximate surface area is 143 Å². The number of halogens is 1. The van der Waals surface area contributed by atoms with Crippen LogP contribution in [-0.4, -0.2) is 23.0 Å². The lowest BCUT2D eigenvalue weighted by Crippen LogP contribution is -2.28. The minimum Gasteiger partial charge on any atom is -0.456 e. The van der Waals surface area contributed by atoms with E-state index in [9.17, 15) is 0 Å². The van der Waals surface area contributed by atoms with Crippen molar-refractivity contribution in [2.24, 2.45) is 0 Å². The predicted octanol–water partition coefficient (Wildman–Crippen LogP) is 5.31. The minimum absolute atomic E-state index is 0.479. The number of pyridine rings is 1. The number of aromatic nitrogens is 1. The van der Waals surface area contributed by atoms with Crippen LogP contribution in [0.3, 0.4) is 0 Å². The summed E-state index contributed by atoms with van der Waals surface area (Å²) in [6.45, 7) is 8.56. The van der Waals surface area contributed by atoms with E-state index in [0.717, 1.165) is 29.9 Å². The molecule has 122 valence electrons. The molecule has 1 unspecified atom stereocenters. The molecule has 0 spiro atoms. The highest BCUT2D eigenvalue weighted by Crippen LogP contribution is 2.30. The summed E-state index contributed by atoms with van der Waals surface area (Å²) in [5.41, 5.74) is 2.20. The number of nitrogens with zero attached hydrogens (tertiary/aromatic N) is 2. The highest BCUT2D eigenvalue weighted by Gasteiger charge is 2.11. The van der Waals surface area contributed by atoms with E-state index >= 15 is 0 Å². The zero-order chi connectivity index (χ0) is 16.8. The smallest absolute Gasteiger partial charge is 0.146 e. The summed E-state index contributed by atoms with van der Waals surface area (Å²) in [7, 11) is 2.08. The van der Waals surface area contributed by atoms with Crippen molar-refractivity contribution in [1.29, 1.82) is 0 Å². The summed E-state index contributed by atoms with van der Waals surface area (Å²) in [5.74, 6) is 1.36. The van der Waals surface area contributed by atoms with Gasteiger partial charge in [0, 0.05) is 37.6 Å². The van der Waals surface area contributed by atoms with Crippen molar-refractivity contribution >= 4 is 11.6 Å². The first-order chi connectivity index (χ1) is 11.0. The molecule has 1 heterocycles. The van der Waals surface area contributed by atoms with E-state index in [1.807, 2.05) is 18.2 Å². The SMILES string of the molecule is C=C(Cc1ccc(Oc2ccncc2)c(Cl)c1)N(C)C(C)CC. The van der Waals surface area contributed by atoms with Crippen LogP contribution >= 0.6 is 11.6 Å². The third-order valence-corrected chi connectivity index (χ3v) is 4.33. The molecular formula is C19H23ClN2O. The molecule has 0 radical (unpaired) electrons. The second-order valence-corrected chi connectivity index (χ2v) is 6.07. The van der Waals surface area contributed by atoms with Crippen LogP contribution in [0.4, 0.5) is 0 Å². The van der Waals surface area contributed by atoms with Crippen LogP contribution in [0.15, 0.2) is 55.0 Å². The predicted molar refractivity (Wildman–Crippen MR) is 96.1 cm³/mol. The van der Waals surface area contributed by atoms with Crippen LogP contribution in [0, 0.1) is 0 Å². The Morgan fingerprint density at radius 3 is 2.61 bits per heavy atom. The summed E-state index contributed by atoms with van der Waals surface area (Å²) < 4.78 is 5.77. The Hall–Kier alpha value is -2.00. The molecule has 23 heavy (non-hydrogen) atoms. The van der Waals surface area contributed by atoms with Crippen LogP contribution < -0.4 is 4.74 Å². The highest BCUT2D eigenvalue weighted by atomic mass is 35.5. The van der Waals surface area contributed by atoms with Gasteiger partial charge in [-0.2, -0.15) is 0 Å². The number of benzene rings is 1. The van der Waals surface area contributed by atoms with E-state index in [2.05, 4.69) is 37.4 Å². The quantitative estimate of drug-likeness (QED) is 0.687. The fourth-order valence-electron chi connectivity index (χ4n) is 2.22. The number of rotatable bonds is 7. The van der Waals surface area contributed by atoms with Crippen molar-refractivity contribution in [3.63, 3.8) is 0 Å². The largest absolute Gasteiger partial charge is 0.456 e. The highest BCUT2D eigenvalue weighted by molar-refractivity contribution is 6.32. The van der Waals surface area contributed by atoms with Crippen LogP contribution in [-0.2, 0) is 6.42 Å². The van der Waals surface area contributed by atoms with Crippen molar-refractivity contribution in [2.45, 2.75) is 32.7 Å². The number of allylic oxidation sites excluding steroid dienone is 1. The third kappa shape index (κ3) is 4.73. The van der Waals surface area contributed by atoms with Gasteiger partial charge in [0.25, 0.3) is 0 Å². The molecule has 0 aliphatic rings. The van der Waals surface area contributed by atoms with E-state index in [4.69, 9.17) is 16.3 Å². The maximum absolute atomic E-state index is 6.35. The lowest BCUT2D eigenvalue weighted by atomic mass is 10.1. The van der Waals surface area contributed by atoms with Crippen molar-refractivity contribution < 1.29 is 4.74 Å². The molecule has 0 saturated carbocycles. The van der Waals surface area contributed by atoms with Gasteiger partial charge >= 0.3 is 0 Å². The first-order valence-electron chi connectivity index (χ1n) is 7.78. The Bertz CT molecular complexity index is 658. The average molecular weight is 331 g/mol. The molecule has 0 bridgehead atoms. The number of ether oxygens (including phenoxy) is 1. The molecule has 0 saturated heterocycles. The molecular weight excluding hydrogens is 308 g/mol. The van der Waals surface area contributed by atoms with Crippen LogP contribution in [0.2, 0.25) is 5.02 Å². The summed E-state index contributed by atoms with van der Waals surface area (Å²) in [6.07, 6.45) is 5.24. The summed E-state index contributed by atoms with van der Waals surface area (Å²) in [6, 6.07) is 9.94. The van der Waals surface area contributed by atoms with Gasteiger partial charge < -0.3 is 9.64 Å². The van der Waals surface area contributed by atoms with E-state index in [1.165, 1.54) is 0 Å². The van der Waals surface area contributed by atoms with Gasteiger partial charge in [-0.1, -0.05) is 31.2 Å². The van der Waals surface area contributed by atoms with Crippen LogP contribution in [0.5, 0.6) is 11.5 Å². The molecule has 1 aromatic carbocycles. The van der Waals surface area contributed by atoms with Crippen LogP contribution in [0.1, 0.15) is 25.8 Å². The van der Waals surface area contributed by atoms with Crippen LogP contribution in [0.25, 0.3) is 0 Å². The Balaban J connectivity index is 2.06. The van der Waals surface area contributed by atoms with Crippen molar-refractivity contribution in [1.82, 2.24) is 9.88 Å². The monoisotopic (exact) mass is 330 g/mol. The van der Waals surface area contributed by atoms with Crippen molar-refractivity contribution in [3.8, 4) is 11.5 Å². The first-order valence-corrected chi connectivity index (χ1v) is 8.16. The zero-order valence-electron chi connectivity index (χ0n) is 13.9. The molecule has 0 amide bonds. The lowest BCUT2D eigenvalue weighted by Gasteiger charge is -2.28. The standard InChI is InChI=1S/C19H23ClN2O/c1-5-14(2)22(4)15(3)12-16-6-7-19(18(20)13-16)23-17-8-10-21-11-9-17/h6-11,13-14H,3,5,12H2,1-2,4H3. The number of hydrogen-bond acceptors (Lipinski definition) is 3. The van der Waals surface area contributed by atoms with Crippen molar-refractivity contribution in [2.75, 3.05) is 7.05 Å². The molecule has 3 nitrogen and oxygen atoms in total. The maximum atomic E-state index is 6.35. The minimum atomic E-state index is 0.479. The molecule has 1 atom stereocenters. The molecule has 0 fully saturated rings. The van der Waals surface area contributed by atoms with Crippen molar-refractivity contribution in [3.05, 3.63) is 65.6 Å². The van der Waals surface area contributed by atoms with Gasteiger partial charge in [-0.25, -0.2) is 0 Å². The maximum Gasteiger partial charge on any atom is 0.146 e. The van der Waals surface area contributed by atoms with Gasteiger partial charge in [0.15, 0.2) is 0 Å². The second-order valence-electron chi connectivity index (χ2n) is 5.66. The average Bonchev–Trinajstić information content (AvgIpc) is 2.56. The first kappa shape index (κ1) is 17.4. The number of hydrogen-bond donors (Lipinski definition) is 0.